The summed E-state index contributed by atoms with van der Waals surface area (Å²) < 4.78 is 7.02. The molecule has 1 N–H and O–H groups in total. The minimum absolute atomic E-state index is 0.579. The molecule has 106 valence electrons. The molecule has 0 radical (unpaired) electrons. The molecule has 0 spiro atoms. The first kappa shape index (κ1) is 13.1. The van der Waals surface area contributed by atoms with Gasteiger partial charge in [0.25, 0.3) is 0 Å². The third-order valence-corrected chi connectivity index (χ3v) is 4.79. The molecule has 0 atom stereocenters. The number of rotatable bonds is 3. The highest BCUT2D eigenvalue weighted by atomic mass is 127. The molecule has 1 aromatic carbocycles. The average Bonchev–Trinajstić information content (AvgIpc) is 3.25. The fourth-order valence-electron chi connectivity index (χ4n) is 2.46. The van der Waals surface area contributed by atoms with E-state index in [9.17, 15) is 0 Å². The Hall–Kier alpha value is -1.63. The number of benzene rings is 1. The summed E-state index contributed by atoms with van der Waals surface area (Å²) in [6, 6.07) is 9.99. The summed E-state index contributed by atoms with van der Waals surface area (Å²) in [6.07, 6.45) is 2.44. The van der Waals surface area contributed by atoms with Crippen LogP contribution in [0.25, 0.3) is 22.6 Å². The minimum Gasteiger partial charge on any atom is -0.453 e. The van der Waals surface area contributed by atoms with Gasteiger partial charge in [-0.1, -0.05) is 18.2 Å². The number of hydrogen-bond donors (Lipinski definition) is 1. The second-order valence-electron chi connectivity index (χ2n) is 5.27. The van der Waals surface area contributed by atoms with E-state index in [0.29, 0.717) is 11.7 Å². The molecule has 0 saturated heterocycles. The Labute approximate surface area is 136 Å². The molecule has 0 aliphatic heterocycles. The molecule has 2 heterocycles. The topological polar surface area (TPSA) is 51.0 Å². The van der Waals surface area contributed by atoms with E-state index in [2.05, 4.69) is 32.9 Å². The van der Waals surface area contributed by atoms with Crippen LogP contribution in [-0.4, -0.2) is 17.0 Å². The number of aromatic nitrogens is 2. The zero-order valence-electron chi connectivity index (χ0n) is 11.6. The highest BCUT2D eigenvalue weighted by molar-refractivity contribution is 14.1. The quantitative estimate of drug-likeness (QED) is 0.672. The summed E-state index contributed by atoms with van der Waals surface area (Å²) in [5.41, 5.74) is 2.01. The lowest BCUT2D eigenvalue weighted by molar-refractivity contribution is 0.624. The molecule has 1 saturated carbocycles. The summed E-state index contributed by atoms with van der Waals surface area (Å²) in [6.45, 7) is 0. The van der Waals surface area contributed by atoms with Crippen molar-refractivity contribution >= 4 is 39.4 Å². The number of anilines is 1. The third-order valence-electron chi connectivity index (χ3n) is 3.72. The van der Waals surface area contributed by atoms with E-state index < -0.39 is 0 Å². The van der Waals surface area contributed by atoms with Gasteiger partial charge in [0.1, 0.15) is 11.4 Å². The van der Waals surface area contributed by atoms with Gasteiger partial charge in [-0.3, -0.25) is 0 Å². The van der Waals surface area contributed by atoms with E-state index in [0.717, 1.165) is 31.8 Å². The van der Waals surface area contributed by atoms with Crippen LogP contribution >= 0.6 is 22.6 Å². The molecule has 21 heavy (non-hydrogen) atoms. The average molecular weight is 391 g/mol. The molecule has 0 unspecified atom stereocenters. The number of furan rings is 1. The molecule has 1 fully saturated rings. The summed E-state index contributed by atoms with van der Waals surface area (Å²) in [4.78, 5) is 9.36. The predicted octanol–water partition coefficient (Wildman–Crippen LogP) is 4.41. The number of nitrogens with zero attached hydrogens (tertiary/aromatic N) is 2. The van der Waals surface area contributed by atoms with Gasteiger partial charge in [0.05, 0.1) is 9.26 Å². The Morgan fingerprint density at radius 3 is 2.76 bits per heavy atom. The lowest BCUT2D eigenvalue weighted by Gasteiger charge is -2.09. The van der Waals surface area contributed by atoms with Crippen molar-refractivity contribution in [1.29, 1.82) is 0 Å². The fraction of sp³-hybridized carbons (Fsp3) is 0.250. The Morgan fingerprint density at radius 2 is 2.05 bits per heavy atom. The van der Waals surface area contributed by atoms with Crippen LogP contribution in [0.15, 0.2) is 34.7 Å². The lowest BCUT2D eigenvalue weighted by atomic mass is 10.2. The van der Waals surface area contributed by atoms with Gasteiger partial charge in [0, 0.05) is 18.4 Å². The van der Waals surface area contributed by atoms with E-state index in [1.165, 1.54) is 12.8 Å². The number of para-hydroxylation sites is 1. The Balaban J connectivity index is 1.88. The van der Waals surface area contributed by atoms with E-state index in [-0.39, 0.29) is 0 Å². The summed E-state index contributed by atoms with van der Waals surface area (Å²) in [5, 5.41) is 4.24. The van der Waals surface area contributed by atoms with Crippen LogP contribution < -0.4 is 5.32 Å². The molecule has 5 heteroatoms. The van der Waals surface area contributed by atoms with Crippen molar-refractivity contribution in [3.05, 3.63) is 39.6 Å². The summed E-state index contributed by atoms with van der Waals surface area (Å²) in [5.74, 6) is 2.85. The van der Waals surface area contributed by atoms with Gasteiger partial charge >= 0.3 is 0 Å². The van der Waals surface area contributed by atoms with Gasteiger partial charge in [-0.05, 0) is 47.6 Å². The van der Waals surface area contributed by atoms with E-state index in [1.54, 1.807) is 0 Å². The number of nitrogens with one attached hydrogen (secondary N) is 1. The second kappa shape index (κ2) is 4.98. The molecular weight excluding hydrogens is 377 g/mol. The van der Waals surface area contributed by atoms with Gasteiger partial charge in [-0.15, -0.1) is 0 Å². The van der Waals surface area contributed by atoms with Crippen molar-refractivity contribution in [1.82, 2.24) is 9.97 Å². The lowest BCUT2D eigenvalue weighted by Crippen LogP contribution is -2.04. The summed E-state index contributed by atoms with van der Waals surface area (Å²) in [7, 11) is 1.89. The van der Waals surface area contributed by atoms with Gasteiger partial charge in [0.15, 0.2) is 11.6 Å². The number of fused-ring (bicyclic) bond motifs is 1. The first-order valence-electron chi connectivity index (χ1n) is 7.00. The van der Waals surface area contributed by atoms with Gasteiger partial charge in [-0.25, -0.2) is 9.97 Å². The first-order valence-corrected chi connectivity index (χ1v) is 8.08. The molecule has 0 amide bonds. The smallest absolute Gasteiger partial charge is 0.197 e. The first-order chi connectivity index (χ1) is 10.3. The third kappa shape index (κ3) is 2.29. The van der Waals surface area contributed by atoms with Crippen molar-refractivity contribution < 1.29 is 4.42 Å². The van der Waals surface area contributed by atoms with Gasteiger partial charge in [-0.2, -0.15) is 0 Å². The fourth-order valence-corrected chi connectivity index (χ4v) is 3.41. The van der Waals surface area contributed by atoms with Crippen LogP contribution in [0.2, 0.25) is 0 Å². The molecule has 3 aromatic rings. The zero-order valence-corrected chi connectivity index (χ0v) is 13.7. The monoisotopic (exact) mass is 391 g/mol. The standard InChI is InChI=1S/C16H14IN3O/c1-18-16-13(17)14(9-6-7-9)19-15(20-16)12-8-10-4-2-3-5-11(10)21-12/h2-5,8-9H,6-7H2,1H3,(H,18,19,20). The predicted molar refractivity (Wildman–Crippen MR) is 91.5 cm³/mol. The van der Waals surface area contributed by atoms with Crippen molar-refractivity contribution in [2.75, 3.05) is 12.4 Å². The minimum atomic E-state index is 0.579. The second-order valence-corrected chi connectivity index (χ2v) is 6.35. The maximum atomic E-state index is 5.89. The molecule has 1 aliphatic carbocycles. The molecule has 2 aromatic heterocycles. The van der Waals surface area contributed by atoms with Crippen LogP contribution in [0.4, 0.5) is 5.82 Å². The normalized spacial score (nSPS) is 14.6. The van der Waals surface area contributed by atoms with Crippen LogP contribution in [0.3, 0.4) is 0 Å². The van der Waals surface area contributed by atoms with Crippen LogP contribution in [0, 0.1) is 3.57 Å². The largest absolute Gasteiger partial charge is 0.453 e. The molecular formula is C16H14IN3O. The van der Waals surface area contributed by atoms with Crippen LogP contribution in [-0.2, 0) is 0 Å². The molecule has 1 aliphatic rings. The molecule has 4 nitrogen and oxygen atoms in total. The van der Waals surface area contributed by atoms with Crippen molar-refractivity contribution in [3.63, 3.8) is 0 Å². The molecule has 4 rings (SSSR count). The van der Waals surface area contributed by atoms with Gasteiger partial charge < -0.3 is 9.73 Å². The highest BCUT2D eigenvalue weighted by Gasteiger charge is 2.29. The van der Waals surface area contributed by atoms with E-state index in [1.807, 2.05) is 37.4 Å². The van der Waals surface area contributed by atoms with E-state index >= 15 is 0 Å². The Bertz CT molecular complexity index is 791. The maximum Gasteiger partial charge on any atom is 0.197 e. The number of halogens is 1. The maximum absolute atomic E-state index is 5.89. The SMILES string of the molecule is CNc1nc(-c2cc3ccccc3o2)nc(C2CC2)c1I. The highest BCUT2D eigenvalue weighted by Crippen LogP contribution is 2.43. The zero-order chi connectivity index (χ0) is 14.4. The van der Waals surface area contributed by atoms with Crippen LogP contribution in [0.1, 0.15) is 24.5 Å². The van der Waals surface area contributed by atoms with Gasteiger partial charge in [0.2, 0.25) is 0 Å². The molecule has 0 bridgehead atoms. The Morgan fingerprint density at radius 1 is 1.24 bits per heavy atom. The van der Waals surface area contributed by atoms with E-state index in [4.69, 9.17) is 9.40 Å². The summed E-state index contributed by atoms with van der Waals surface area (Å²) >= 11 is 2.33. The van der Waals surface area contributed by atoms with Crippen molar-refractivity contribution in [2.24, 2.45) is 0 Å². The number of hydrogen-bond acceptors (Lipinski definition) is 4. The van der Waals surface area contributed by atoms with Crippen LogP contribution in [0.5, 0.6) is 0 Å². The Kier molecular flexibility index (Phi) is 3.10. The van der Waals surface area contributed by atoms with Crippen molar-refractivity contribution in [2.45, 2.75) is 18.8 Å². The van der Waals surface area contributed by atoms with Crippen molar-refractivity contribution in [3.8, 4) is 11.6 Å².